The van der Waals surface area contributed by atoms with Crippen LogP contribution in [0.15, 0.2) is 30.3 Å². The van der Waals surface area contributed by atoms with Gasteiger partial charge in [0.15, 0.2) is 12.2 Å². The number of esters is 1. The molecular weight excluding hydrogens is 288 g/mol. The normalized spacial score (nSPS) is 12.7. The maximum absolute atomic E-state index is 12.0. The van der Waals surface area contributed by atoms with E-state index in [1.54, 1.807) is 31.2 Å². The van der Waals surface area contributed by atoms with Crippen molar-refractivity contribution in [3.63, 3.8) is 0 Å². The van der Waals surface area contributed by atoms with Gasteiger partial charge in [0.2, 0.25) is 0 Å². The minimum Gasteiger partial charge on any atom is -0.479 e. The maximum atomic E-state index is 12.0. The lowest BCUT2D eigenvalue weighted by Gasteiger charge is -2.19. The third-order valence-electron chi connectivity index (χ3n) is 2.78. The second-order valence-corrected chi connectivity index (χ2v) is 4.48. The minimum absolute atomic E-state index is 0.386. The summed E-state index contributed by atoms with van der Waals surface area (Å²) in [5, 5.41) is 4.27. The molecule has 22 heavy (non-hydrogen) atoms. The average molecular weight is 308 g/mol. The molecule has 2 atom stereocenters. The zero-order chi connectivity index (χ0) is 16.5. The highest BCUT2D eigenvalue weighted by molar-refractivity contribution is 5.97. The molecule has 0 aliphatic carbocycles. The molecule has 0 bridgehead atoms. The van der Waals surface area contributed by atoms with E-state index >= 15 is 0 Å². The van der Waals surface area contributed by atoms with Gasteiger partial charge in [-0.3, -0.25) is 10.1 Å². The number of para-hydroxylation sites is 1. The predicted molar refractivity (Wildman–Crippen MR) is 79.3 cm³/mol. The van der Waals surface area contributed by atoms with Crippen LogP contribution in [0.25, 0.3) is 0 Å². The molecule has 0 saturated carbocycles. The fraction of sp³-hybridized carbons (Fsp3) is 0.400. The molecule has 0 aliphatic rings. The van der Waals surface area contributed by atoms with Crippen molar-refractivity contribution in [2.75, 3.05) is 7.05 Å². The third-order valence-corrected chi connectivity index (χ3v) is 2.78. The molecule has 3 amide bonds. The van der Waals surface area contributed by atoms with Crippen LogP contribution in [0.3, 0.4) is 0 Å². The van der Waals surface area contributed by atoms with Crippen molar-refractivity contribution in [3.05, 3.63) is 30.3 Å². The summed E-state index contributed by atoms with van der Waals surface area (Å²) in [7, 11) is 1.38. The van der Waals surface area contributed by atoms with Crippen LogP contribution in [-0.4, -0.2) is 37.2 Å². The lowest BCUT2D eigenvalue weighted by molar-refractivity contribution is -0.161. The summed E-state index contributed by atoms with van der Waals surface area (Å²) in [6.07, 6.45) is -1.53. The highest BCUT2D eigenvalue weighted by atomic mass is 16.6. The van der Waals surface area contributed by atoms with Gasteiger partial charge in [0.05, 0.1) is 0 Å². The monoisotopic (exact) mass is 308 g/mol. The van der Waals surface area contributed by atoms with Gasteiger partial charge >= 0.3 is 12.0 Å². The first-order valence-electron chi connectivity index (χ1n) is 6.92. The van der Waals surface area contributed by atoms with Gasteiger partial charge < -0.3 is 14.8 Å². The fourth-order valence-electron chi connectivity index (χ4n) is 1.54. The molecule has 0 radical (unpaired) electrons. The summed E-state index contributed by atoms with van der Waals surface area (Å²) < 4.78 is 10.5. The van der Waals surface area contributed by atoms with Gasteiger partial charge in [0, 0.05) is 7.05 Å². The van der Waals surface area contributed by atoms with E-state index in [9.17, 15) is 14.4 Å². The van der Waals surface area contributed by atoms with E-state index < -0.39 is 30.1 Å². The second kappa shape index (κ2) is 8.66. The number of hydrogen-bond acceptors (Lipinski definition) is 5. The number of nitrogens with one attached hydrogen (secondary N) is 2. The van der Waals surface area contributed by atoms with Crippen LogP contribution in [-0.2, 0) is 14.3 Å². The van der Waals surface area contributed by atoms with Gasteiger partial charge in [-0.15, -0.1) is 0 Å². The molecule has 0 aromatic heterocycles. The van der Waals surface area contributed by atoms with Gasteiger partial charge in [-0.05, 0) is 25.5 Å². The molecule has 7 heteroatoms. The number of benzene rings is 1. The SMILES string of the molecule is CC[C@H](Oc1ccccc1)C(=O)O[C@@H](C)C(=O)NC(=O)NC. The molecule has 0 fully saturated rings. The average Bonchev–Trinajstić information content (AvgIpc) is 2.53. The van der Waals surface area contributed by atoms with Gasteiger partial charge in [0.1, 0.15) is 5.75 Å². The Bertz CT molecular complexity index is 518. The summed E-state index contributed by atoms with van der Waals surface area (Å²) in [5.74, 6) is -0.832. The molecule has 0 spiro atoms. The Morgan fingerprint density at radius 1 is 1.18 bits per heavy atom. The highest BCUT2D eigenvalue weighted by Crippen LogP contribution is 2.13. The standard InChI is InChI=1S/C15H20N2O5/c1-4-12(22-11-8-6-5-7-9-11)14(19)21-10(2)13(18)17-15(20)16-3/h5-10,12H,4H2,1-3H3,(H2,16,17,18,20)/t10-,12-/m0/s1. The molecule has 0 unspecified atom stereocenters. The third kappa shape index (κ3) is 5.43. The molecular formula is C15H20N2O5. The highest BCUT2D eigenvalue weighted by Gasteiger charge is 2.26. The number of ether oxygens (including phenoxy) is 2. The van der Waals surface area contributed by atoms with E-state index in [4.69, 9.17) is 9.47 Å². The Hall–Kier alpha value is -2.57. The smallest absolute Gasteiger partial charge is 0.348 e. The maximum Gasteiger partial charge on any atom is 0.348 e. The van der Waals surface area contributed by atoms with Crippen molar-refractivity contribution in [2.45, 2.75) is 32.5 Å². The molecule has 1 aromatic carbocycles. The molecule has 1 aromatic rings. The fourth-order valence-corrected chi connectivity index (χ4v) is 1.54. The molecule has 7 nitrogen and oxygen atoms in total. The van der Waals surface area contributed by atoms with Crippen molar-refractivity contribution >= 4 is 17.9 Å². The van der Waals surface area contributed by atoms with Crippen molar-refractivity contribution < 1.29 is 23.9 Å². The number of hydrogen-bond donors (Lipinski definition) is 2. The Morgan fingerprint density at radius 2 is 1.82 bits per heavy atom. The Labute approximate surface area is 129 Å². The van der Waals surface area contributed by atoms with Gasteiger partial charge in [-0.25, -0.2) is 9.59 Å². The predicted octanol–water partition coefficient (Wildman–Crippen LogP) is 1.23. The van der Waals surface area contributed by atoms with Crippen LogP contribution in [0.1, 0.15) is 20.3 Å². The minimum atomic E-state index is -1.10. The quantitative estimate of drug-likeness (QED) is 0.771. The molecule has 2 N–H and O–H groups in total. The number of rotatable bonds is 6. The Kier molecular flexibility index (Phi) is 6.88. The molecule has 120 valence electrons. The second-order valence-electron chi connectivity index (χ2n) is 4.48. The first-order valence-corrected chi connectivity index (χ1v) is 6.92. The van der Waals surface area contributed by atoms with Gasteiger partial charge in [0.25, 0.3) is 5.91 Å². The molecule has 0 heterocycles. The van der Waals surface area contributed by atoms with Crippen molar-refractivity contribution in [1.82, 2.24) is 10.6 Å². The van der Waals surface area contributed by atoms with Crippen molar-refractivity contribution in [2.24, 2.45) is 0 Å². The van der Waals surface area contributed by atoms with Crippen LogP contribution in [0.5, 0.6) is 5.75 Å². The number of carbonyl (C=O) groups is 3. The van der Waals surface area contributed by atoms with E-state index in [2.05, 4.69) is 5.32 Å². The number of carbonyl (C=O) groups excluding carboxylic acids is 3. The zero-order valence-electron chi connectivity index (χ0n) is 12.8. The number of amides is 3. The van der Waals surface area contributed by atoms with Crippen LogP contribution in [0.4, 0.5) is 4.79 Å². The largest absolute Gasteiger partial charge is 0.479 e. The Balaban J connectivity index is 2.57. The van der Waals surface area contributed by atoms with E-state index in [1.165, 1.54) is 14.0 Å². The van der Waals surface area contributed by atoms with Crippen molar-refractivity contribution in [1.29, 1.82) is 0 Å². The van der Waals surface area contributed by atoms with E-state index in [0.29, 0.717) is 12.2 Å². The van der Waals surface area contributed by atoms with E-state index in [-0.39, 0.29) is 0 Å². The number of urea groups is 1. The van der Waals surface area contributed by atoms with Crippen LogP contribution >= 0.6 is 0 Å². The summed E-state index contributed by atoms with van der Waals surface area (Å²) in [5.41, 5.74) is 0. The topological polar surface area (TPSA) is 93.7 Å². The summed E-state index contributed by atoms with van der Waals surface area (Å²) in [6.45, 7) is 3.15. The lowest BCUT2D eigenvalue weighted by atomic mass is 10.2. The summed E-state index contributed by atoms with van der Waals surface area (Å²) >= 11 is 0. The van der Waals surface area contributed by atoms with Crippen LogP contribution in [0.2, 0.25) is 0 Å². The Morgan fingerprint density at radius 3 is 2.36 bits per heavy atom. The molecule has 1 rings (SSSR count). The van der Waals surface area contributed by atoms with Gasteiger partial charge in [-0.2, -0.15) is 0 Å². The van der Waals surface area contributed by atoms with Crippen LogP contribution < -0.4 is 15.4 Å². The van der Waals surface area contributed by atoms with Gasteiger partial charge in [-0.1, -0.05) is 25.1 Å². The van der Waals surface area contributed by atoms with E-state index in [0.717, 1.165) is 0 Å². The molecule has 0 aliphatic heterocycles. The number of imide groups is 1. The van der Waals surface area contributed by atoms with Crippen LogP contribution in [0, 0.1) is 0 Å². The van der Waals surface area contributed by atoms with E-state index in [1.807, 2.05) is 11.4 Å². The first-order chi connectivity index (χ1) is 10.5. The summed E-state index contributed by atoms with van der Waals surface area (Å²) in [4.78, 5) is 34.7. The lowest BCUT2D eigenvalue weighted by Crippen LogP contribution is -2.44. The summed E-state index contributed by atoms with van der Waals surface area (Å²) in [6, 6.07) is 8.17. The molecule has 0 saturated heterocycles. The first kappa shape index (κ1) is 17.5. The zero-order valence-corrected chi connectivity index (χ0v) is 12.8. The van der Waals surface area contributed by atoms with Crippen molar-refractivity contribution in [3.8, 4) is 5.75 Å².